The second kappa shape index (κ2) is 16.0. The first-order chi connectivity index (χ1) is 18.4. The zero-order valence-corrected chi connectivity index (χ0v) is 25.6. The molecule has 2 rings (SSSR count). The average Bonchev–Trinajstić information content (AvgIpc) is 2.86. The molecule has 0 aliphatic rings. The first-order valence-corrected chi connectivity index (χ1v) is 14.8. The summed E-state index contributed by atoms with van der Waals surface area (Å²) in [5, 5.41) is 2.61. The van der Waals surface area contributed by atoms with E-state index in [1.165, 1.54) is 11.4 Å². The van der Waals surface area contributed by atoms with Crippen molar-refractivity contribution in [1.29, 1.82) is 0 Å². The third kappa shape index (κ3) is 11.7. The number of methoxy groups -OCH3 is 1. The second-order valence-electron chi connectivity index (χ2n) is 9.47. The van der Waals surface area contributed by atoms with Crippen LogP contribution in [0.2, 0.25) is 0 Å². The standard InChI is InChI=1S/C27H39BrN2O8S/c1-21-6-11-24(34-5)25(20-21)39(32,33)30(23-9-7-22(28)8-10-23)13-15-36-17-19-37-18-16-35-14-12-29-26(31)38-27(2,3)4/h6-11,20H,12-19H2,1-5H3,(H,29,31). The maximum atomic E-state index is 13.7. The number of nitrogens with zero attached hydrogens (tertiary/aromatic N) is 1. The van der Waals surface area contributed by atoms with E-state index in [4.69, 9.17) is 23.7 Å². The highest BCUT2D eigenvalue weighted by atomic mass is 79.9. The van der Waals surface area contributed by atoms with Crippen molar-refractivity contribution < 1.29 is 36.9 Å². The molecule has 0 unspecified atom stereocenters. The molecule has 218 valence electrons. The molecule has 0 bridgehead atoms. The minimum absolute atomic E-state index is 0.0950. The minimum Gasteiger partial charge on any atom is -0.495 e. The summed E-state index contributed by atoms with van der Waals surface area (Å²) in [7, 11) is -2.48. The van der Waals surface area contributed by atoms with E-state index in [-0.39, 0.29) is 23.8 Å². The molecule has 0 aliphatic heterocycles. The molecule has 1 amide bonds. The van der Waals surface area contributed by atoms with Gasteiger partial charge in [-0.1, -0.05) is 22.0 Å². The lowest BCUT2D eigenvalue weighted by Crippen LogP contribution is -2.34. The van der Waals surface area contributed by atoms with Crippen molar-refractivity contribution in [3.63, 3.8) is 0 Å². The van der Waals surface area contributed by atoms with E-state index in [9.17, 15) is 13.2 Å². The molecule has 1 N–H and O–H groups in total. The molecule has 2 aromatic carbocycles. The predicted molar refractivity (Wildman–Crippen MR) is 153 cm³/mol. The molecule has 2 aromatic rings. The van der Waals surface area contributed by atoms with Crippen LogP contribution in [0.5, 0.6) is 5.75 Å². The Balaban J connectivity index is 1.77. The molecule has 0 spiro atoms. The average molecular weight is 632 g/mol. The number of anilines is 1. The van der Waals surface area contributed by atoms with Crippen LogP contribution in [0, 0.1) is 6.92 Å². The quantitative estimate of drug-likeness (QED) is 0.269. The third-order valence-corrected chi connectivity index (χ3v) is 7.48. The van der Waals surface area contributed by atoms with Crippen LogP contribution in [0.1, 0.15) is 26.3 Å². The van der Waals surface area contributed by atoms with E-state index in [2.05, 4.69) is 21.2 Å². The Bertz CT molecular complexity index is 1140. The summed E-state index contributed by atoms with van der Waals surface area (Å²) in [4.78, 5) is 11.6. The van der Waals surface area contributed by atoms with Crippen LogP contribution < -0.4 is 14.4 Å². The summed E-state index contributed by atoms with van der Waals surface area (Å²) in [5.74, 6) is 0.278. The van der Waals surface area contributed by atoms with E-state index < -0.39 is 21.7 Å². The number of aryl methyl sites for hydroxylation is 1. The van der Waals surface area contributed by atoms with Gasteiger partial charge in [-0.2, -0.15) is 0 Å². The van der Waals surface area contributed by atoms with Gasteiger partial charge in [-0.25, -0.2) is 13.2 Å². The topological polar surface area (TPSA) is 113 Å². The number of ether oxygens (including phenoxy) is 5. The zero-order chi connectivity index (χ0) is 28.9. The molecule has 0 atom stereocenters. The number of amides is 1. The van der Waals surface area contributed by atoms with Crippen LogP contribution >= 0.6 is 15.9 Å². The van der Waals surface area contributed by atoms with E-state index in [0.29, 0.717) is 45.3 Å². The van der Waals surface area contributed by atoms with Crippen LogP contribution in [0.3, 0.4) is 0 Å². The molecule has 0 aliphatic carbocycles. The molecule has 0 aromatic heterocycles. The maximum absolute atomic E-state index is 13.7. The second-order valence-corrected chi connectivity index (χ2v) is 12.2. The summed E-state index contributed by atoms with van der Waals surface area (Å²) in [6.07, 6.45) is -0.482. The van der Waals surface area contributed by atoms with E-state index >= 15 is 0 Å². The summed E-state index contributed by atoms with van der Waals surface area (Å²) >= 11 is 3.39. The molecule has 39 heavy (non-hydrogen) atoms. The molecular weight excluding hydrogens is 592 g/mol. The number of nitrogens with one attached hydrogen (secondary N) is 1. The Morgan fingerprint density at radius 2 is 1.51 bits per heavy atom. The van der Waals surface area contributed by atoms with Gasteiger partial charge in [0.1, 0.15) is 16.2 Å². The Morgan fingerprint density at radius 3 is 2.10 bits per heavy atom. The van der Waals surface area contributed by atoms with Gasteiger partial charge in [0.25, 0.3) is 10.0 Å². The first kappa shape index (κ1) is 32.8. The Hall–Kier alpha value is -2.38. The van der Waals surface area contributed by atoms with Crippen LogP contribution in [0.15, 0.2) is 51.8 Å². The monoisotopic (exact) mass is 630 g/mol. The van der Waals surface area contributed by atoms with Gasteiger partial charge in [0, 0.05) is 11.0 Å². The minimum atomic E-state index is -3.93. The van der Waals surface area contributed by atoms with Gasteiger partial charge in [0.2, 0.25) is 0 Å². The molecular formula is C27H39BrN2O8S. The highest BCUT2D eigenvalue weighted by Gasteiger charge is 2.28. The van der Waals surface area contributed by atoms with Gasteiger partial charge in [-0.3, -0.25) is 4.31 Å². The fraction of sp³-hybridized carbons (Fsp3) is 0.519. The van der Waals surface area contributed by atoms with E-state index in [0.717, 1.165) is 10.0 Å². The molecule has 10 nitrogen and oxygen atoms in total. The van der Waals surface area contributed by atoms with Crippen molar-refractivity contribution in [3.05, 3.63) is 52.5 Å². The molecule has 12 heteroatoms. The summed E-state index contributed by atoms with van der Waals surface area (Å²) < 4.78 is 56.5. The number of hydrogen-bond acceptors (Lipinski definition) is 8. The van der Waals surface area contributed by atoms with Crippen molar-refractivity contribution >= 4 is 37.7 Å². The summed E-state index contributed by atoms with van der Waals surface area (Å²) in [6, 6.07) is 12.1. The number of carbonyl (C=O) groups is 1. The summed E-state index contributed by atoms with van der Waals surface area (Å²) in [5.41, 5.74) is 0.780. The van der Waals surface area contributed by atoms with Crippen molar-refractivity contribution in [1.82, 2.24) is 5.32 Å². The Morgan fingerprint density at radius 1 is 0.923 bits per heavy atom. The van der Waals surface area contributed by atoms with Gasteiger partial charge in [0.15, 0.2) is 0 Å². The summed E-state index contributed by atoms with van der Waals surface area (Å²) in [6.45, 7) is 9.53. The number of alkyl carbamates (subject to hydrolysis) is 1. The molecule has 0 heterocycles. The van der Waals surface area contributed by atoms with Crippen molar-refractivity contribution in [2.45, 2.75) is 38.2 Å². The molecule has 0 saturated heterocycles. The SMILES string of the molecule is COc1ccc(C)cc1S(=O)(=O)N(CCOCCOCCOCCNC(=O)OC(C)(C)C)c1ccc(Br)cc1. The zero-order valence-electron chi connectivity index (χ0n) is 23.2. The Kier molecular flexibility index (Phi) is 13.5. The van der Waals surface area contributed by atoms with Crippen LogP contribution in [-0.4, -0.2) is 80.0 Å². The Labute approximate surface area is 240 Å². The number of rotatable bonds is 16. The maximum Gasteiger partial charge on any atom is 0.407 e. The van der Waals surface area contributed by atoms with Gasteiger partial charge in [0.05, 0.1) is 59.0 Å². The van der Waals surface area contributed by atoms with E-state index in [1.807, 2.05) is 6.92 Å². The van der Waals surface area contributed by atoms with Crippen LogP contribution in [0.25, 0.3) is 0 Å². The van der Waals surface area contributed by atoms with Crippen molar-refractivity contribution in [2.75, 3.05) is 64.1 Å². The normalized spacial score (nSPS) is 11.7. The fourth-order valence-corrected chi connectivity index (χ4v) is 5.28. The number of sulfonamides is 1. The molecule has 0 saturated carbocycles. The number of carbonyl (C=O) groups excluding carboxylic acids is 1. The van der Waals surface area contributed by atoms with Gasteiger partial charge >= 0.3 is 6.09 Å². The number of halogens is 1. The highest BCUT2D eigenvalue weighted by Crippen LogP contribution is 2.31. The lowest BCUT2D eigenvalue weighted by Gasteiger charge is -2.25. The highest BCUT2D eigenvalue weighted by molar-refractivity contribution is 9.10. The predicted octanol–water partition coefficient (Wildman–Crippen LogP) is 4.54. The molecule has 0 fully saturated rings. The van der Waals surface area contributed by atoms with Crippen molar-refractivity contribution in [2.24, 2.45) is 0 Å². The lowest BCUT2D eigenvalue weighted by molar-refractivity contribution is 0.0154. The van der Waals surface area contributed by atoms with E-state index in [1.54, 1.807) is 63.2 Å². The van der Waals surface area contributed by atoms with Gasteiger partial charge < -0.3 is 29.0 Å². The van der Waals surface area contributed by atoms with Gasteiger partial charge in [-0.05, 0) is 69.7 Å². The lowest BCUT2D eigenvalue weighted by atomic mass is 10.2. The van der Waals surface area contributed by atoms with Crippen LogP contribution in [-0.2, 0) is 29.0 Å². The molecule has 0 radical (unpaired) electrons. The number of benzene rings is 2. The first-order valence-electron chi connectivity index (χ1n) is 12.6. The van der Waals surface area contributed by atoms with Gasteiger partial charge in [-0.15, -0.1) is 0 Å². The smallest absolute Gasteiger partial charge is 0.407 e. The van der Waals surface area contributed by atoms with Crippen molar-refractivity contribution in [3.8, 4) is 5.75 Å². The fourth-order valence-electron chi connectivity index (χ4n) is 3.33. The largest absolute Gasteiger partial charge is 0.495 e. The third-order valence-electron chi connectivity index (χ3n) is 5.10. The number of hydrogen-bond donors (Lipinski definition) is 1. The van der Waals surface area contributed by atoms with Crippen LogP contribution in [0.4, 0.5) is 10.5 Å².